The largest absolute Gasteiger partial charge is 0.289 e. The van der Waals surface area contributed by atoms with E-state index in [0.717, 1.165) is 5.39 Å². The van der Waals surface area contributed by atoms with Gasteiger partial charge >= 0.3 is 0 Å². The number of hydrogen-bond acceptors (Lipinski definition) is 3. The van der Waals surface area contributed by atoms with Gasteiger partial charge in [0.25, 0.3) is 10.0 Å². The van der Waals surface area contributed by atoms with Crippen molar-refractivity contribution in [3.63, 3.8) is 0 Å². The Balaban J connectivity index is 1.79. The molecule has 4 rings (SSSR count). The molecule has 0 N–H and O–H groups in total. The predicted octanol–water partition coefficient (Wildman–Crippen LogP) is 5.43. The minimum Gasteiger partial charge on any atom is -0.289 e. The fourth-order valence-electron chi connectivity index (χ4n) is 3.09. The van der Waals surface area contributed by atoms with E-state index in [4.69, 9.17) is 11.6 Å². The Kier molecular flexibility index (Phi) is 5.09. The molecule has 0 saturated heterocycles. The Hall–Kier alpha value is -3.15. The van der Waals surface area contributed by atoms with Crippen molar-refractivity contribution >= 4 is 44.4 Å². The summed E-state index contributed by atoms with van der Waals surface area (Å²) in [6.45, 7) is 0. The van der Waals surface area contributed by atoms with E-state index in [9.17, 15) is 13.2 Å². The topological polar surface area (TPSA) is 56.1 Å². The van der Waals surface area contributed by atoms with Crippen LogP contribution >= 0.6 is 11.6 Å². The molecule has 4 nitrogen and oxygen atoms in total. The Morgan fingerprint density at radius 1 is 0.862 bits per heavy atom. The first-order valence-corrected chi connectivity index (χ1v) is 10.7. The van der Waals surface area contributed by atoms with Crippen LogP contribution in [-0.4, -0.2) is 18.2 Å². The Morgan fingerprint density at radius 2 is 1.52 bits per heavy atom. The maximum absolute atomic E-state index is 13.2. The SMILES string of the molecule is O=C(C=Cc1cn(S(=O)(=O)c2ccc(Cl)cc2)c2ccccc12)c1ccccc1. The predicted molar refractivity (Wildman–Crippen MR) is 116 cm³/mol. The van der Waals surface area contributed by atoms with Gasteiger partial charge in [0.2, 0.25) is 0 Å². The first-order valence-electron chi connectivity index (χ1n) is 8.85. The molecule has 0 atom stereocenters. The molecular weight excluding hydrogens is 406 g/mol. The average Bonchev–Trinajstić information content (AvgIpc) is 3.12. The van der Waals surface area contributed by atoms with Gasteiger partial charge in [-0.15, -0.1) is 0 Å². The van der Waals surface area contributed by atoms with Gasteiger partial charge in [-0.2, -0.15) is 0 Å². The van der Waals surface area contributed by atoms with Crippen LogP contribution in [0.5, 0.6) is 0 Å². The lowest BCUT2D eigenvalue weighted by atomic mass is 10.1. The van der Waals surface area contributed by atoms with E-state index >= 15 is 0 Å². The van der Waals surface area contributed by atoms with Crippen molar-refractivity contribution in [2.45, 2.75) is 4.90 Å². The van der Waals surface area contributed by atoms with Crippen LogP contribution in [-0.2, 0) is 10.0 Å². The average molecular weight is 422 g/mol. The molecule has 0 aliphatic carbocycles. The number of hydrogen-bond donors (Lipinski definition) is 0. The monoisotopic (exact) mass is 421 g/mol. The van der Waals surface area contributed by atoms with Gasteiger partial charge in [-0.3, -0.25) is 4.79 Å². The number of carbonyl (C=O) groups is 1. The van der Waals surface area contributed by atoms with Crippen molar-refractivity contribution in [2.24, 2.45) is 0 Å². The number of nitrogens with zero attached hydrogens (tertiary/aromatic N) is 1. The maximum atomic E-state index is 13.2. The minimum absolute atomic E-state index is 0.138. The molecule has 0 amide bonds. The second-order valence-corrected chi connectivity index (χ2v) is 8.67. The van der Waals surface area contributed by atoms with Crippen molar-refractivity contribution in [3.05, 3.63) is 107 Å². The van der Waals surface area contributed by atoms with E-state index in [1.807, 2.05) is 18.2 Å². The zero-order chi connectivity index (χ0) is 20.4. The third kappa shape index (κ3) is 3.75. The van der Waals surface area contributed by atoms with E-state index in [1.165, 1.54) is 28.4 Å². The zero-order valence-electron chi connectivity index (χ0n) is 15.2. The van der Waals surface area contributed by atoms with Crippen LogP contribution in [0.2, 0.25) is 5.02 Å². The van der Waals surface area contributed by atoms with Crippen LogP contribution < -0.4 is 0 Å². The Labute approximate surface area is 173 Å². The molecule has 144 valence electrons. The number of aromatic nitrogens is 1. The minimum atomic E-state index is -3.81. The number of carbonyl (C=O) groups excluding carboxylic acids is 1. The molecule has 0 spiro atoms. The summed E-state index contributed by atoms with van der Waals surface area (Å²) in [5.41, 5.74) is 1.75. The number of fused-ring (bicyclic) bond motifs is 1. The molecule has 6 heteroatoms. The van der Waals surface area contributed by atoms with Crippen LogP contribution in [0.1, 0.15) is 15.9 Å². The summed E-state index contributed by atoms with van der Waals surface area (Å²) in [7, 11) is -3.81. The van der Waals surface area contributed by atoms with Gasteiger partial charge < -0.3 is 0 Å². The summed E-state index contributed by atoms with van der Waals surface area (Å²) >= 11 is 5.89. The van der Waals surface area contributed by atoms with E-state index < -0.39 is 10.0 Å². The molecule has 0 saturated carbocycles. The van der Waals surface area contributed by atoms with Crippen LogP contribution in [0.3, 0.4) is 0 Å². The normalized spacial score (nSPS) is 11.9. The highest BCUT2D eigenvalue weighted by Crippen LogP contribution is 2.27. The summed E-state index contributed by atoms with van der Waals surface area (Å²) < 4.78 is 27.6. The van der Waals surface area contributed by atoms with Crippen molar-refractivity contribution in [3.8, 4) is 0 Å². The van der Waals surface area contributed by atoms with Gasteiger partial charge in [-0.05, 0) is 42.5 Å². The lowest BCUT2D eigenvalue weighted by Crippen LogP contribution is -2.11. The van der Waals surface area contributed by atoms with Gasteiger partial charge in [0.1, 0.15) is 0 Å². The fourth-order valence-corrected chi connectivity index (χ4v) is 4.59. The van der Waals surface area contributed by atoms with E-state index in [-0.39, 0.29) is 10.7 Å². The molecule has 1 aromatic heterocycles. The van der Waals surface area contributed by atoms with Crippen molar-refractivity contribution < 1.29 is 13.2 Å². The molecule has 4 aromatic rings. The van der Waals surface area contributed by atoms with Crippen LogP contribution in [0.25, 0.3) is 17.0 Å². The second-order valence-electron chi connectivity index (χ2n) is 6.42. The first kappa shape index (κ1) is 19.2. The van der Waals surface area contributed by atoms with E-state index in [0.29, 0.717) is 21.7 Å². The van der Waals surface area contributed by atoms with Crippen LogP contribution in [0.4, 0.5) is 0 Å². The second kappa shape index (κ2) is 7.70. The molecular formula is C23H16ClNO3S. The summed E-state index contributed by atoms with van der Waals surface area (Å²) in [5.74, 6) is -0.150. The third-order valence-electron chi connectivity index (χ3n) is 4.55. The van der Waals surface area contributed by atoms with Crippen molar-refractivity contribution in [2.75, 3.05) is 0 Å². The molecule has 0 bridgehead atoms. The van der Waals surface area contributed by atoms with Crippen molar-refractivity contribution in [1.29, 1.82) is 0 Å². The smallest absolute Gasteiger partial charge is 0.268 e. The van der Waals surface area contributed by atoms with Gasteiger partial charge in [0.15, 0.2) is 5.78 Å². The number of benzene rings is 3. The zero-order valence-corrected chi connectivity index (χ0v) is 16.8. The highest BCUT2D eigenvalue weighted by atomic mass is 35.5. The Morgan fingerprint density at radius 3 is 2.24 bits per heavy atom. The lowest BCUT2D eigenvalue weighted by Gasteiger charge is -2.07. The highest BCUT2D eigenvalue weighted by molar-refractivity contribution is 7.90. The van der Waals surface area contributed by atoms with Gasteiger partial charge in [-0.25, -0.2) is 12.4 Å². The quantitative estimate of drug-likeness (QED) is 0.319. The maximum Gasteiger partial charge on any atom is 0.268 e. The van der Waals surface area contributed by atoms with E-state index in [2.05, 4.69) is 0 Å². The number of halogens is 1. The van der Waals surface area contributed by atoms with Gasteiger partial charge in [-0.1, -0.05) is 60.1 Å². The molecule has 0 aliphatic heterocycles. The molecule has 0 unspecified atom stereocenters. The Bertz CT molecular complexity index is 1320. The lowest BCUT2D eigenvalue weighted by molar-refractivity contribution is 0.104. The molecule has 0 fully saturated rings. The van der Waals surface area contributed by atoms with E-state index in [1.54, 1.807) is 54.6 Å². The summed E-state index contributed by atoms with van der Waals surface area (Å²) in [4.78, 5) is 12.5. The molecule has 0 radical (unpaired) electrons. The molecule has 0 aliphatic rings. The number of para-hydroxylation sites is 1. The first-order chi connectivity index (χ1) is 14.0. The molecule has 1 heterocycles. The number of allylic oxidation sites excluding steroid dienone is 1. The number of ketones is 1. The fraction of sp³-hybridized carbons (Fsp3) is 0. The van der Waals surface area contributed by atoms with Gasteiger partial charge in [0.05, 0.1) is 10.4 Å². The van der Waals surface area contributed by atoms with Crippen LogP contribution in [0.15, 0.2) is 96.0 Å². The third-order valence-corrected chi connectivity index (χ3v) is 6.49. The summed E-state index contributed by atoms with van der Waals surface area (Å²) in [6.07, 6.45) is 4.63. The van der Waals surface area contributed by atoms with Crippen LogP contribution in [0, 0.1) is 0 Å². The number of rotatable bonds is 5. The standard InChI is InChI=1S/C23H16ClNO3S/c24-19-11-13-20(14-12-19)29(27,28)25-16-18(21-8-4-5-9-22(21)25)10-15-23(26)17-6-2-1-3-7-17/h1-16H. The summed E-state index contributed by atoms with van der Waals surface area (Å²) in [6, 6.07) is 22.1. The highest BCUT2D eigenvalue weighted by Gasteiger charge is 2.20. The summed E-state index contributed by atoms with van der Waals surface area (Å²) in [5, 5.41) is 1.20. The molecule has 3 aromatic carbocycles. The van der Waals surface area contributed by atoms with Gasteiger partial charge in [0, 0.05) is 27.7 Å². The van der Waals surface area contributed by atoms with Crippen molar-refractivity contribution in [1.82, 2.24) is 3.97 Å². The molecule has 29 heavy (non-hydrogen) atoms.